The van der Waals surface area contributed by atoms with Crippen molar-refractivity contribution in [2.45, 2.75) is 47.0 Å². The zero-order valence-electron chi connectivity index (χ0n) is 8.59. The molecule has 0 bridgehead atoms. The topological polar surface area (TPSA) is 34.1 Å². The van der Waals surface area contributed by atoms with E-state index in [1.807, 2.05) is 27.7 Å². The molecular weight excluding hydrogens is 152 g/mol. The number of Topliss-reactive ketones (excluding diaryl/α,β-unsaturated/α-hetero) is 1. The fourth-order valence-corrected chi connectivity index (χ4v) is 0.346. The van der Waals surface area contributed by atoms with E-state index >= 15 is 0 Å². The Morgan fingerprint density at radius 3 is 1.67 bits per heavy atom. The summed E-state index contributed by atoms with van der Waals surface area (Å²) in [6.45, 7) is 7.67. The highest BCUT2D eigenvalue weighted by molar-refractivity contribution is 5.77. The van der Waals surface area contributed by atoms with Gasteiger partial charge in [0.05, 0.1) is 0 Å². The Balaban J connectivity index is 0. The summed E-state index contributed by atoms with van der Waals surface area (Å²) in [4.78, 5) is 19.9. The maximum Gasteiger partial charge on any atom is 0.132 e. The van der Waals surface area contributed by atoms with Gasteiger partial charge in [0.2, 0.25) is 0 Å². The lowest BCUT2D eigenvalue weighted by molar-refractivity contribution is -0.118. The van der Waals surface area contributed by atoms with Gasteiger partial charge in [-0.2, -0.15) is 0 Å². The largest absolute Gasteiger partial charge is 0.303 e. The molecule has 0 aliphatic rings. The quantitative estimate of drug-likeness (QED) is 0.611. The van der Waals surface area contributed by atoms with Gasteiger partial charge in [-0.3, -0.25) is 4.79 Å². The third-order valence-electron chi connectivity index (χ3n) is 1.66. The van der Waals surface area contributed by atoms with Gasteiger partial charge in [-0.05, 0) is 6.42 Å². The molecule has 0 saturated heterocycles. The van der Waals surface area contributed by atoms with Crippen molar-refractivity contribution >= 4 is 12.1 Å². The Kier molecular flexibility index (Phi) is 12.0. The molecule has 0 aromatic heterocycles. The summed E-state index contributed by atoms with van der Waals surface area (Å²) >= 11 is 0. The first-order chi connectivity index (χ1) is 5.62. The van der Waals surface area contributed by atoms with Crippen molar-refractivity contribution in [3.05, 3.63) is 0 Å². The van der Waals surface area contributed by atoms with Crippen LogP contribution in [0.4, 0.5) is 0 Å². The summed E-state index contributed by atoms with van der Waals surface area (Å²) in [5.41, 5.74) is 0. The van der Waals surface area contributed by atoms with Gasteiger partial charge in [0.15, 0.2) is 0 Å². The number of aldehydes is 1. The molecule has 2 heteroatoms. The minimum atomic E-state index is 0.255. The fraction of sp³-hybridized carbons (Fsp3) is 0.800. The molecule has 0 fully saturated rings. The van der Waals surface area contributed by atoms with Gasteiger partial charge < -0.3 is 4.79 Å². The van der Waals surface area contributed by atoms with E-state index in [0.717, 1.165) is 12.7 Å². The van der Waals surface area contributed by atoms with Crippen molar-refractivity contribution in [2.24, 2.45) is 5.92 Å². The van der Waals surface area contributed by atoms with Gasteiger partial charge in [-0.25, -0.2) is 0 Å². The molecule has 12 heavy (non-hydrogen) atoms. The number of hydrogen-bond acceptors (Lipinski definition) is 2. The van der Waals surface area contributed by atoms with Gasteiger partial charge in [0.1, 0.15) is 12.1 Å². The van der Waals surface area contributed by atoms with E-state index in [-0.39, 0.29) is 5.92 Å². The highest BCUT2D eigenvalue weighted by atomic mass is 16.1. The Labute approximate surface area is 75.4 Å². The molecule has 0 aliphatic heterocycles. The molecule has 2 nitrogen and oxygen atoms in total. The molecule has 0 aromatic rings. The summed E-state index contributed by atoms with van der Waals surface area (Å²) in [5.74, 6) is 0.597. The molecular formula is C10H20O2. The van der Waals surface area contributed by atoms with Gasteiger partial charge in [0.25, 0.3) is 0 Å². The standard InChI is InChI=1S/2C5H10O/c1-3-5(2)4-6;1-3-5(6)4-2/h4-5H,3H2,1-2H3;3-4H2,1-2H3. The molecule has 0 N–H and O–H groups in total. The van der Waals surface area contributed by atoms with E-state index in [1.54, 1.807) is 0 Å². The van der Waals surface area contributed by atoms with Crippen molar-refractivity contribution in [2.75, 3.05) is 0 Å². The molecule has 0 spiro atoms. The van der Waals surface area contributed by atoms with E-state index in [4.69, 9.17) is 0 Å². The van der Waals surface area contributed by atoms with Gasteiger partial charge in [-0.15, -0.1) is 0 Å². The van der Waals surface area contributed by atoms with Crippen LogP contribution < -0.4 is 0 Å². The Bertz CT molecular complexity index is 113. The second-order valence-corrected chi connectivity index (χ2v) is 2.77. The second-order valence-electron chi connectivity index (χ2n) is 2.77. The van der Waals surface area contributed by atoms with Crippen LogP contribution in [0.3, 0.4) is 0 Å². The monoisotopic (exact) mass is 172 g/mol. The molecule has 0 heterocycles. The smallest absolute Gasteiger partial charge is 0.132 e. The van der Waals surface area contributed by atoms with Crippen LogP contribution in [-0.4, -0.2) is 12.1 Å². The summed E-state index contributed by atoms with van der Waals surface area (Å²) < 4.78 is 0. The average molecular weight is 172 g/mol. The molecule has 0 amide bonds. The number of rotatable bonds is 4. The number of carbonyl (C=O) groups is 2. The molecule has 72 valence electrons. The highest BCUT2D eigenvalue weighted by Gasteiger charge is 1.89. The van der Waals surface area contributed by atoms with Crippen molar-refractivity contribution in [3.63, 3.8) is 0 Å². The molecule has 0 rings (SSSR count). The summed E-state index contributed by atoms with van der Waals surface area (Å²) in [6, 6.07) is 0. The fourth-order valence-electron chi connectivity index (χ4n) is 0.346. The normalized spacial score (nSPS) is 11.0. The predicted molar refractivity (Wildman–Crippen MR) is 51.1 cm³/mol. The van der Waals surface area contributed by atoms with Gasteiger partial charge in [0, 0.05) is 18.8 Å². The average Bonchev–Trinajstić information content (AvgIpc) is 2.16. The molecule has 0 saturated carbocycles. The summed E-state index contributed by atoms with van der Waals surface area (Å²) in [5, 5.41) is 0. The van der Waals surface area contributed by atoms with Crippen LogP contribution in [0, 0.1) is 5.92 Å². The SMILES string of the molecule is CCC(=O)CC.CCC(C)C=O. The van der Waals surface area contributed by atoms with Crippen LogP contribution in [0.2, 0.25) is 0 Å². The summed E-state index contributed by atoms with van der Waals surface area (Å²) in [7, 11) is 0. The number of ketones is 1. The van der Waals surface area contributed by atoms with Crippen LogP contribution in [0.25, 0.3) is 0 Å². The van der Waals surface area contributed by atoms with Crippen LogP contribution >= 0.6 is 0 Å². The molecule has 0 radical (unpaired) electrons. The Morgan fingerprint density at radius 1 is 1.25 bits per heavy atom. The van der Waals surface area contributed by atoms with Crippen LogP contribution in [0.15, 0.2) is 0 Å². The number of hydrogen-bond donors (Lipinski definition) is 0. The molecule has 0 aromatic carbocycles. The van der Waals surface area contributed by atoms with Crippen LogP contribution in [0.5, 0.6) is 0 Å². The van der Waals surface area contributed by atoms with Crippen molar-refractivity contribution in [1.82, 2.24) is 0 Å². The highest BCUT2D eigenvalue weighted by Crippen LogP contribution is 1.91. The van der Waals surface area contributed by atoms with Crippen molar-refractivity contribution < 1.29 is 9.59 Å². The predicted octanol–water partition coefficient (Wildman–Crippen LogP) is 2.61. The van der Waals surface area contributed by atoms with Crippen molar-refractivity contribution in [3.8, 4) is 0 Å². The van der Waals surface area contributed by atoms with E-state index in [9.17, 15) is 9.59 Å². The van der Waals surface area contributed by atoms with E-state index in [1.165, 1.54) is 0 Å². The lowest BCUT2D eigenvalue weighted by Gasteiger charge is -1.89. The lowest BCUT2D eigenvalue weighted by atomic mass is 10.2. The molecule has 1 atom stereocenters. The minimum absolute atomic E-state index is 0.255. The van der Waals surface area contributed by atoms with Crippen LogP contribution in [0.1, 0.15) is 47.0 Å². The zero-order chi connectivity index (χ0) is 9.98. The Hall–Kier alpha value is -0.660. The first-order valence-corrected chi connectivity index (χ1v) is 4.59. The summed E-state index contributed by atoms with van der Waals surface area (Å²) in [6.07, 6.45) is 3.32. The minimum Gasteiger partial charge on any atom is -0.303 e. The maximum atomic E-state index is 10.2. The number of carbonyl (C=O) groups excluding carboxylic acids is 2. The Morgan fingerprint density at radius 2 is 1.67 bits per heavy atom. The lowest BCUT2D eigenvalue weighted by Crippen LogP contribution is -1.89. The zero-order valence-corrected chi connectivity index (χ0v) is 8.59. The third kappa shape index (κ3) is 12.1. The van der Waals surface area contributed by atoms with E-state index in [0.29, 0.717) is 18.6 Å². The van der Waals surface area contributed by atoms with Crippen molar-refractivity contribution in [1.29, 1.82) is 0 Å². The van der Waals surface area contributed by atoms with E-state index < -0.39 is 0 Å². The molecule has 0 aliphatic carbocycles. The van der Waals surface area contributed by atoms with Gasteiger partial charge >= 0.3 is 0 Å². The second kappa shape index (κ2) is 10.3. The van der Waals surface area contributed by atoms with Crippen LogP contribution in [-0.2, 0) is 9.59 Å². The first-order valence-electron chi connectivity index (χ1n) is 4.59. The third-order valence-corrected chi connectivity index (χ3v) is 1.66. The van der Waals surface area contributed by atoms with E-state index in [2.05, 4.69) is 0 Å². The van der Waals surface area contributed by atoms with Gasteiger partial charge in [-0.1, -0.05) is 27.7 Å². The molecule has 1 unspecified atom stereocenters. The maximum absolute atomic E-state index is 10.2. The first kappa shape index (κ1) is 13.9.